The third kappa shape index (κ3) is 3.17. The zero-order valence-electron chi connectivity index (χ0n) is 6.09. The van der Waals surface area contributed by atoms with Crippen molar-refractivity contribution in [1.82, 2.24) is 0 Å². The minimum absolute atomic E-state index is 0.677. The summed E-state index contributed by atoms with van der Waals surface area (Å²) in [5.74, 6) is 0.677. The van der Waals surface area contributed by atoms with E-state index < -0.39 is 0 Å². The molecule has 0 aromatic heterocycles. The molecule has 0 aromatic rings. The molecule has 0 amide bonds. The van der Waals surface area contributed by atoms with Gasteiger partial charge in [-0.1, -0.05) is 0 Å². The van der Waals surface area contributed by atoms with Gasteiger partial charge >= 0.3 is 0 Å². The van der Waals surface area contributed by atoms with Crippen molar-refractivity contribution in [3.63, 3.8) is 0 Å². The Hall–Kier alpha value is -0.0975. The highest BCUT2D eigenvalue weighted by molar-refractivity contribution is 6.20. The maximum atomic E-state index is 4.95. The summed E-state index contributed by atoms with van der Waals surface area (Å²) in [4.78, 5) is 0. The van der Waals surface area contributed by atoms with Crippen LogP contribution < -0.4 is 0 Å². The molecule has 1 radical (unpaired) electrons. The predicted molar refractivity (Wildman–Crippen MR) is 38.7 cm³/mol. The molecule has 0 unspecified atom stereocenters. The molecular weight excluding hydrogens is 166 g/mol. The summed E-state index contributed by atoms with van der Waals surface area (Å²) in [6.45, 7) is 0. The number of methoxy groups -OCH3 is 2. The van der Waals surface area contributed by atoms with Crippen LogP contribution in [0, 0.1) is 11.6 Å². The lowest BCUT2D eigenvalue weighted by Crippen LogP contribution is -1.93. The van der Waals surface area contributed by atoms with Gasteiger partial charge in [0.2, 0.25) is 0 Å². The van der Waals surface area contributed by atoms with Crippen LogP contribution in [0.25, 0.3) is 0 Å². The van der Waals surface area contributed by atoms with Crippen molar-refractivity contribution in [1.29, 1.82) is 0 Å². The van der Waals surface area contributed by atoms with Gasteiger partial charge in [-0.2, -0.15) is 0 Å². The molecule has 0 aromatic carbocycles. The number of halogens is 1. The number of hydrogen-bond acceptors (Lipinski definition) is 2. The Bertz CT molecular complexity index is 154. The van der Waals surface area contributed by atoms with E-state index >= 15 is 0 Å². The molecule has 0 saturated heterocycles. The Morgan fingerprint density at radius 2 is 2.00 bits per heavy atom. The molecule has 0 fully saturated rings. The molecule has 10 heavy (non-hydrogen) atoms. The average molecular weight is 177 g/mol. The highest BCUT2D eigenvalue weighted by Crippen LogP contribution is 2.03. The third-order valence-corrected chi connectivity index (χ3v) is 1.73. The van der Waals surface area contributed by atoms with Gasteiger partial charge in [0.1, 0.15) is 17.4 Å². The summed E-state index contributed by atoms with van der Waals surface area (Å²) in [5.41, 5.74) is 1.49. The second-order valence-electron chi connectivity index (χ2n) is 1.50. The van der Waals surface area contributed by atoms with Crippen LogP contribution in [0.1, 0.15) is 0 Å². The van der Waals surface area contributed by atoms with E-state index in [2.05, 4.69) is 11.6 Å². The zero-order valence-corrected chi connectivity index (χ0v) is 8.32. The molecule has 0 aliphatic carbocycles. The topological polar surface area (TPSA) is 18.5 Å². The quantitative estimate of drug-likeness (QED) is 0.346. The minimum Gasteiger partial charge on any atom is -0.518 e. The highest BCUT2D eigenvalue weighted by atomic mass is 35.5. The largest absolute Gasteiger partial charge is 0.518 e. The van der Waals surface area contributed by atoms with Gasteiger partial charge in [0.05, 0.1) is 14.2 Å². The van der Waals surface area contributed by atoms with Crippen molar-refractivity contribution in [2.45, 2.75) is 0 Å². The Labute approximate surface area is 73.9 Å². The Kier molecular flexibility index (Phi) is 5.61. The highest BCUT2D eigenvalue weighted by Gasteiger charge is 1.96. The zero-order chi connectivity index (χ0) is 7.98. The molecule has 0 N–H and O–H groups in total. The van der Waals surface area contributed by atoms with Crippen molar-refractivity contribution < 1.29 is 21.1 Å². The predicted octanol–water partition coefficient (Wildman–Crippen LogP) is 0.144. The van der Waals surface area contributed by atoms with Crippen molar-refractivity contribution in [2.24, 2.45) is 0 Å². The summed E-state index contributed by atoms with van der Waals surface area (Å²) in [6.07, 6.45) is 1.68. The number of hydrogen-bond donors (Lipinski definition) is 0. The third-order valence-electron chi connectivity index (χ3n) is 0.961. The first kappa shape index (κ1) is 9.90. The van der Waals surface area contributed by atoms with Gasteiger partial charge in [-0.05, 0) is 0 Å². The van der Waals surface area contributed by atoms with Gasteiger partial charge in [0.25, 0.3) is 16.3 Å². The van der Waals surface area contributed by atoms with Gasteiger partial charge in [-0.25, -0.2) is 0 Å². The Morgan fingerprint density at radius 3 is 2.30 bits per heavy atom. The summed E-state index contributed by atoms with van der Waals surface area (Å²) in [7, 11) is 3.18. The fourth-order valence-corrected chi connectivity index (χ4v) is 0.823. The van der Waals surface area contributed by atoms with Gasteiger partial charge in [0.15, 0.2) is 5.54 Å². The maximum Gasteiger partial charge on any atom is 0.291 e. The standard InChI is InChI=1S/C6H9ClO2.Al.H/c1-8-5-6(9-2)3-4-7;;/h3-4,7H,1-2H3;;/q+1;;. The summed E-state index contributed by atoms with van der Waals surface area (Å²) in [5, 5.41) is 0. The lowest BCUT2D eigenvalue weighted by molar-refractivity contribution is -0.275. The van der Waals surface area contributed by atoms with E-state index in [0.29, 0.717) is 5.76 Å². The first-order chi connectivity index (χ1) is 4.76. The number of ether oxygens (including phenoxy) is 2. The van der Waals surface area contributed by atoms with Crippen molar-refractivity contribution in [3.05, 3.63) is 22.0 Å². The van der Waals surface area contributed by atoms with E-state index in [1.165, 1.54) is 5.54 Å². The van der Waals surface area contributed by atoms with Gasteiger partial charge < -0.3 is 9.47 Å². The van der Waals surface area contributed by atoms with Gasteiger partial charge in [0, 0.05) is 10.7 Å². The van der Waals surface area contributed by atoms with Gasteiger partial charge in [-0.15, -0.1) is 0 Å². The smallest absolute Gasteiger partial charge is 0.291 e. The fraction of sp³-hybridized carbons (Fsp3) is 0.333. The van der Waals surface area contributed by atoms with Crippen LogP contribution in [0.5, 0.6) is 0 Å². The number of rotatable bonds is 3. The molecule has 0 rings (SSSR count). The van der Waals surface area contributed by atoms with E-state index in [0.717, 1.165) is 4.62 Å². The van der Waals surface area contributed by atoms with Crippen LogP contribution >= 0.6 is 0 Å². The second-order valence-corrected chi connectivity index (χ2v) is 2.41. The molecule has 4 heteroatoms. The Balaban J connectivity index is 4.29. The molecule has 0 spiro atoms. The summed E-state index contributed by atoms with van der Waals surface area (Å²) < 4.78 is 10.6. The fourth-order valence-electron chi connectivity index (χ4n) is 0.437. The maximum absolute atomic E-state index is 4.95. The van der Waals surface area contributed by atoms with E-state index in [1.807, 2.05) is 0 Å². The second kappa shape index (κ2) is 5.67. The van der Waals surface area contributed by atoms with Crippen molar-refractivity contribution >= 4 is 16.3 Å². The summed E-state index contributed by atoms with van der Waals surface area (Å²) >= 11 is 6.23. The van der Waals surface area contributed by atoms with E-state index in [-0.39, 0.29) is 0 Å². The van der Waals surface area contributed by atoms with Crippen molar-refractivity contribution in [3.8, 4) is 0 Å². The summed E-state index contributed by atoms with van der Waals surface area (Å²) in [6, 6.07) is 0. The normalized spacial score (nSPS) is 13.1. The van der Waals surface area contributed by atoms with Crippen LogP contribution in [-0.2, 0) is 9.47 Å². The minimum atomic E-state index is 0.677. The van der Waals surface area contributed by atoms with Crippen LogP contribution in [0.3, 0.4) is 0 Å². The lowest BCUT2D eigenvalue weighted by atomic mass is 10.5. The average Bonchev–Trinajstić information content (AvgIpc) is 1.99. The lowest BCUT2D eigenvalue weighted by Gasteiger charge is -2.04. The number of allylic oxidation sites excluding steroid dienone is 1. The molecule has 0 atom stereocenters. The molecular formula is C6H10AlClO2+. The molecule has 55 valence electrons. The van der Waals surface area contributed by atoms with E-state index in [1.54, 1.807) is 36.6 Å². The van der Waals surface area contributed by atoms with Crippen molar-refractivity contribution in [2.75, 3.05) is 14.2 Å². The SMILES string of the molecule is CO[C]([AlH])=C(C=C[ClH+])OC. The van der Waals surface area contributed by atoms with Crippen LogP contribution in [0.15, 0.2) is 22.0 Å². The first-order valence-corrected chi connectivity index (χ1v) is 3.86. The molecule has 0 aliphatic rings. The first-order valence-electron chi connectivity index (χ1n) is 2.69. The molecule has 0 bridgehead atoms. The van der Waals surface area contributed by atoms with E-state index in [9.17, 15) is 0 Å². The Morgan fingerprint density at radius 1 is 1.40 bits per heavy atom. The van der Waals surface area contributed by atoms with Gasteiger partial charge in [-0.3, -0.25) is 0 Å². The van der Waals surface area contributed by atoms with E-state index in [4.69, 9.17) is 9.47 Å². The monoisotopic (exact) mass is 176 g/mol. The van der Waals surface area contributed by atoms with Crippen LogP contribution in [-0.4, -0.2) is 30.5 Å². The molecule has 2 nitrogen and oxygen atoms in total. The van der Waals surface area contributed by atoms with Crippen LogP contribution in [0.2, 0.25) is 0 Å². The molecule has 0 aliphatic heterocycles. The molecule has 0 saturated carbocycles. The van der Waals surface area contributed by atoms with Crippen LogP contribution in [0.4, 0.5) is 0 Å². The molecule has 0 heterocycles.